The van der Waals surface area contributed by atoms with E-state index < -0.39 is 10.8 Å². The Morgan fingerprint density at radius 1 is 1.24 bits per heavy atom. The first-order valence-corrected chi connectivity index (χ1v) is 6.11. The summed E-state index contributed by atoms with van der Waals surface area (Å²) in [6, 6.07) is 2.65. The Morgan fingerprint density at radius 2 is 1.86 bits per heavy atom. The van der Waals surface area contributed by atoms with Crippen LogP contribution in [0.25, 0.3) is 6.08 Å². The summed E-state index contributed by atoms with van der Waals surface area (Å²) in [5, 5.41) is 16.3. The Kier molecular flexibility index (Phi) is 4.03. The molecule has 8 nitrogen and oxygen atoms in total. The average Bonchev–Trinajstić information content (AvgIpc) is 2.76. The summed E-state index contributed by atoms with van der Waals surface area (Å²) >= 11 is 4.80. The van der Waals surface area contributed by atoms with Crippen molar-refractivity contribution in [1.29, 1.82) is 0 Å². The number of hydrogen-bond donors (Lipinski definition) is 2. The van der Waals surface area contributed by atoms with Crippen LogP contribution in [-0.4, -0.2) is 30.2 Å². The van der Waals surface area contributed by atoms with Crippen molar-refractivity contribution in [2.75, 3.05) is 14.2 Å². The van der Waals surface area contributed by atoms with Gasteiger partial charge in [0, 0.05) is 0 Å². The Balaban J connectivity index is 2.56. The third-order valence-electron chi connectivity index (χ3n) is 2.75. The van der Waals surface area contributed by atoms with Crippen LogP contribution >= 0.6 is 12.2 Å². The number of nitro benzene ring substituents is 1. The number of benzene rings is 1. The lowest BCUT2D eigenvalue weighted by Crippen LogP contribution is -2.21. The molecule has 110 valence electrons. The van der Waals surface area contributed by atoms with Gasteiger partial charge >= 0.3 is 0 Å². The molecule has 0 atom stereocenters. The summed E-state index contributed by atoms with van der Waals surface area (Å²) in [5.41, 5.74) is 0.0999. The molecule has 2 rings (SSSR count). The second-order valence-electron chi connectivity index (χ2n) is 3.99. The van der Waals surface area contributed by atoms with E-state index in [2.05, 4.69) is 10.6 Å². The van der Waals surface area contributed by atoms with E-state index in [9.17, 15) is 14.9 Å². The molecule has 1 aromatic rings. The highest BCUT2D eigenvalue weighted by molar-refractivity contribution is 7.80. The Bertz CT molecular complexity index is 671. The van der Waals surface area contributed by atoms with E-state index in [4.69, 9.17) is 21.7 Å². The molecule has 0 unspecified atom stereocenters. The normalized spacial score (nSPS) is 15.6. The molecule has 0 saturated carbocycles. The summed E-state index contributed by atoms with van der Waals surface area (Å²) in [4.78, 5) is 22.2. The topological polar surface area (TPSA) is 103 Å². The molecule has 1 aromatic carbocycles. The third kappa shape index (κ3) is 2.92. The van der Waals surface area contributed by atoms with Gasteiger partial charge in [0.1, 0.15) is 5.70 Å². The number of rotatable bonds is 4. The SMILES string of the molecule is COc1cc(/C=C2\NC(=S)NC2=O)c([N+](=O)[O-])cc1OC. The molecule has 0 radical (unpaired) electrons. The number of nitrogens with zero attached hydrogens (tertiary/aromatic N) is 1. The number of carbonyl (C=O) groups is 1. The van der Waals surface area contributed by atoms with Gasteiger partial charge in [0.05, 0.1) is 30.8 Å². The van der Waals surface area contributed by atoms with Crippen LogP contribution in [0.4, 0.5) is 5.69 Å². The second kappa shape index (κ2) is 5.75. The van der Waals surface area contributed by atoms with Gasteiger partial charge in [0.15, 0.2) is 16.6 Å². The second-order valence-corrected chi connectivity index (χ2v) is 4.40. The molecular weight excluding hydrogens is 298 g/mol. The molecule has 0 spiro atoms. The minimum absolute atomic E-state index is 0.121. The Labute approximate surface area is 124 Å². The van der Waals surface area contributed by atoms with Crippen molar-refractivity contribution in [3.63, 3.8) is 0 Å². The molecule has 1 heterocycles. The number of nitro groups is 1. The number of carbonyl (C=O) groups excluding carboxylic acids is 1. The van der Waals surface area contributed by atoms with Crippen molar-refractivity contribution in [1.82, 2.24) is 10.6 Å². The Hall–Kier alpha value is -2.68. The fourth-order valence-electron chi connectivity index (χ4n) is 1.80. The number of amides is 1. The zero-order valence-corrected chi connectivity index (χ0v) is 11.9. The van der Waals surface area contributed by atoms with Gasteiger partial charge in [-0.05, 0) is 24.4 Å². The standard InChI is InChI=1S/C12H11N3O5S/c1-19-9-4-6(3-7-11(16)14-12(21)13-7)8(15(17)18)5-10(9)20-2/h3-5H,1-2H3,(H2,13,14,16,21)/b7-3-. The number of ether oxygens (including phenoxy) is 2. The monoisotopic (exact) mass is 309 g/mol. The van der Waals surface area contributed by atoms with Crippen LogP contribution in [0.5, 0.6) is 11.5 Å². The van der Waals surface area contributed by atoms with Crippen LogP contribution in [0, 0.1) is 10.1 Å². The Morgan fingerprint density at radius 3 is 2.33 bits per heavy atom. The molecule has 0 bridgehead atoms. The van der Waals surface area contributed by atoms with E-state index in [1.807, 2.05) is 0 Å². The molecule has 1 fully saturated rings. The first-order valence-electron chi connectivity index (χ1n) is 5.70. The molecule has 0 aromatic heterocycles. The van der Waals surface area contributed by atoms with E-state index in [0.717, 1.165) is 0 Å². The average molecular weight is 309 g/mol. The lowest BCUT2D eigenvalue weighted by molar-refractivity contribution is -0.385. The highest BCUT2D eigenvalue weighted by Crippen LogP contribution is 2.35. The number of methoxy groups -OCH3 is 2. The van der Waals surface area contributed by atoms with Gasteiger partial charge in [-0.3, -0.25) is 20.2 Å². The van der Waals surface area contributed by atoms with Crippen LogP contribution in [-0.2, 0) is 4.79 Å². The zero-order valence-electron chi connectivity index (χ0n) is 11.1. The van der Waals surface area contributed by atoms with Gasteiger partial charge in [0.25, 0.3) is 11.6 Å². The maximum Gasteiger partial charge on any atom is 0.280 e. The molecule has 1 aliphatic rings. The molecular formula is C12H11N3O5S. The van der Waals surface area contributed by atoms with Crippen molar-refractivity contribution >= 4 is 35.0 Å². The maximum atomic E-state index is 11.6. The molecule has 0 aliphatic carbocycles. The van der Waals surface area contributed by atoms with Gasteiger partial charge in [-0.2, -0.15) is 0 Å². The summed E-state index contributed by atoms with van der Waals surface area (Å²) in [6.07, 6.45) is 1.33. The maximum absolute atomic E-state index is 11.6. The fraction of sp³-hybridized carbons (Fsp3) is 0.167. The van der Waals surface area contributed by atoms with E-state index in [1.165, 1.54) is 32.4 Å². The van der Waals surface area contributed by atoms with Crippen molar-refractivity contribution in [2.24, 2.45) is 0 Å². The quantitative estimate of drug-likeness (QED) is 0.369. The first kappa shape index (κ1) is 14.7. The fourth-order valence-corrected chi connectivity index (χ4v) is 2.00. The van der Waals surface area contributed by atoms with Gasteiger partial charge in [-0.1, -0.05) is 0 Å². The first-order chi connectivity index (χ1) is 9.96. The lowest BCUT2D eigenvalue weighted by atomic mass is 10.1. The molecule has 1 aliphatic heterocycles. The highest BCUT2D eigenvalue weighted by atomic mass is 32.1. The molecule has 1 amide bonds. The number of hydrogen-bond acceptors (Lipinski definition) is 6. The third-order valence-corrected chi connectivity index (χ3v) is 2.95. The van der Waals surface area contributed by atoms with Crippen LogP contribution in [0.3, 0.4) is 0 Å². The largest absolute Gasteiger partial charge is 0.493 e. The number of thiocarbonyl (C=S) groups is 1. The predicted molar refractivity (Wildman–Crippen MR) is 78.1 cm³/mol. The smallest absolute Gasteiger partial charge is 0.280 e. The van der Waals surface area contributed by atoms with Crippen LogP contribution in [0.1, 0.15) is 5.56 Å². The summed E-state index contributed by atoms with van der Waals surface area (Å²) in [7, 11) is 2.79. The van der Waals surface area contributed by atoms with Crippen molar-refractivity contribution in [2.45, 2.75) is 0 Å². The van der Waals surface area contributed by atoms with Crippen LogP contribution in [0.15, 0.2) is 17.8 Å². The van der Waals surface area contributed by atoms with Crippen molar-refractivity contribution < 1.29 is 19.2 Å². The summed E-state index contributed by atoms with van der Waals surface area (Å²) in [6.45, 7) is 0. The minimum atomic E-state index is -0.570. The zero-order chi connectivity index (χ0) is 15.6. The summed E-state index contributed by atoms with van der Waals surface area (Å²) < 4.78 is 10.1. The van der Waals surface area contributed by atoms with Crippen LogP contribution < -0.4 is 20.1 Å². The van der Waals surface area contributed by atoms with E-state index in [0.29, 0.717) is 5.75 Å². The number of nitrogens with one attached hydrogen (secondary N) is 2. The van der Waals surface area contributed by atoms with Crippen molar-refractivity contribution in [3.8, 4) is 11.5 Å². The van der Waals surface area contributed by atoms with E-state index in [-0.39, 0.29) is 27.8 Å². The van der Waals surface area contributed by atoms with Crippen molar-refractivity contribution in [3.05, 3.63) is 33.5 Å². The highest BCUT2D eigenvalue weighted by Gasteiger charge is 2.24. The molecule has 1 saturated heterocycles. The van der Waals surface area contributed by atoms with Gasteiger partial charge in [-0.25, -0.2) is 0 Å². The van der Waals surface area contributed by atoms with Gasteiger partial charge in [0.2, 0.25) is 0 Å². The molecule has 9 heteroatoms. The molecule has 21 heavy (non-hydrogen) atoms. The molecule has 2 N–H and O–H groups in total. The van der Waals surface area contributed by atoms with E-state index in [1.54, 1.807) is 0 Å². The predicted octanol–water partition coefficient (Wildman–Crippen LogP) is 0.957. The summed E-state index contributed by atoms with van der Waals surface area (Å²) in [5.74, 6) is 0.0886. The van der Waals surface area contributed by atoms with E-state index >= 15 is 0 Å². The van der Waals surface area contributed by atoms with Crippen LogP contribution in [0.2, 0.25) is 0 Å². The minimum Gasteiger partial charge on any atom is -0.493 e. The lowest BCUT2D eigenvalue weighted by Gasteiger charge is -2.09. The van der Waals surface area contributed by atoms with Gasteiger partial charge in [-0.15, -0.1) is 0 Å². The van der Waals surface area contributed by atoms with Gasteiger partial charge < -0.3 is 14.8 Å².